The SMILES string of the molecule is Cc1cc(-c2ccc3nc[nH]c3c2)cc2c1OCCN(c1nc(N)nc3c1CC(C)(C)CC3)C2. The Labute approximate surface area is 199 Å². The second-order valence-corrected chi connectivity index (χ2v) is 10.4. The van der Waals surface area contributed by atoms with Crippen molar-refractivity contribution in [1.82, 2.24) is 19.9 Å². The molecule has 34 heavy (non-hydrogen) atoms. The van der Waals surface area contributed by atoms with E-state index in [0.717, 1.165) is 71.8 Å². The Balaban J connectivity index is 1.41. The highest BCUT2D eigenvalue weighted by molar-refractivity contribution is 5.82. The molecule has 0 amide bonds. The molecule has 2 aromatic heterocycles. The predicted octanol–water partition coefficient (Wildman–Crippen LogP) is 4.82. The lowest BCUT2D eigenvalue weighted by Gasteiger charge is -2.34. The fraction of sp³-hybridized carbons (Fsp3) is 0.370. The molecule has 0 bridgehead atoms. The van der Waals surface area contributed by atoms with Crippen LogP contribution in [0.5, 0.6) is 5.75 Å². The summed E-state index contributed by atoms with van der Waals surface area (Å²) in [6.45, 7) is 8.85. The maximum absolute atomic E-state index is 6.26. The third kappa shape index (κ3) is 3.65. The molecule has 7 heteroatoms. The van der Waals surface area contributed by atoms with Gasteiger partial charge in [0.25, 0.3) is 0 Å². The zero-order chi connectivity index (χ0) is 23.4. The Morgan fingerprint density at radius 1 is 1.12 bits per heavy atom. The average molecular weight is 455 g/mol. The van der Waals surface area contributed by atoms with Crippen molar-refractivity contribution in [3.63, 3.8) is 0 Å². The molecule has 7 nitrogen and oxygen atoms in total. The molecule has 0 unspecified atom stereocenters. The van der Waals surface area contributed by atoms with Gasteiger partial charge in [0, 0.05) is 17.7 Å². The molecule has 174 valence electrons. The van der Waals surface area contributed by atoms with Crippen molar-refractivity contribution in [2.45, 2.75) is 46.6 Å². The first kappa shape index (κ1) is 21.0. The number of nitrogens with one attached hydrogen (secondary N) is 1. The van der Waals surface area contributed by atoms with Crippen LogP contribution in [0.2, 0.25) is 0 Å². The van der Waals surface area contributed by atoms with Gasteiger partial charge in [-0.25, -0.2) is 9.97 Å². The van der Waals surface area contributed by atoms with E-state index in [1.165, 1.54) is 16.7 Å². The first-order valence-electron chi connectivity index (χ1n) is 12.0. The first-order chi connectivity index (χ1) is 16.4. The molecule has 0 radical (unpaired) electrons. The van der Waals surface area contributed by atoms with Crippen molar-refractivity contribution in [2.24, 2.45) is 5.41 Å². The number of hydrogen-bond acceptors (Lipinski definition) is 6. The number of benzene rings is 2. The van der Waals surface area contributed by atoms with Gasteiger partial charge in [-0.2, -0.15) is 4.98 Å². The van der Waals surface area contributed by atoms with Crippen LogP contribution in [0.4, 0.5) is 11.8 Å². The average Bonchev–Trinajstić information content (AvgIpc) is 3.16. The Morgan fingerprint density at radius 2 is 2.00 bits per heavy atom. The number of aromatic nitrogens is 4. The molecule has 2 aliphatic rings. The highest BCUT2D eigenvalue weighted by Crippen LogP contribution is 2.40. The quantitative estimate of drug-likeness (QED) is 0.451. The number of fused-ring (bicyclic) bond motifs is 3. The van der Waals surface area contributed by atoms with Gasteiger partial charge in [0.15, 0.2) is 0 Å². The van der Waals surface area contributed by atoms with E-state index >= 15 is 0 Å². The number of nitrogens with two attached hydrogens (primary N) is 1. The topological polar surface area (TPSA) is 93.0 Å². The molecule has 3 N–H and O–H groups in total. The summed E-state index contributed by atoms with van der Waals surface area (Å²) >= 11 is 0. The van der Waals surface area contributed by atoms with Crippen LogP contribution in [0, 0.1) is 12.3 Å². The van der Waals surface area contributed by atoms with Crippen LogP contribution in [0.3, 0.4) is 0 Å². The van der Waals surface area contributed by atoms with Crippen molar-refractivity contribution in [3.8, 4) is 16.9 Å². The summed E-state index contributed by atoms with van der Waals surface area (Å²) in [5.74, 6) is 2.30. The number of rotatable bonds is 2. The maximum Gasteiger partial charge on any atom is 0.222 e. The fourth-order valence-corrected chi connectivity index (χ4v) is 5.39. The summed E-state index contributed by atoms with van der Waals surface area (Å²) in [4.78, 5) is 19.2. The number of imidazole rings is 1. The van der Waals surface area contributed by atoms with Crippen LogP contribution in [-0.2, 0) is 19.4 Å². The van der Waals surface area contributed by atoms with E-state index in [9.17, 15) is 0 Å². The van der Waals surface area contributed by atoms with Gasteiger partial charge in [0.2, 0.25) is 5.95 Å². The van der Waals surface area contributed by atoms with Crippen molar-refractivity contribution in [1.29, 1.82) is 0 Å². The van der Waals surface area contributed by atoms with Gasteiger partial charge >= 0.3 is 0 Å². The van der Waals surface area contributed by atoms with Crippen LogP contribution in [0.1, 0.15) is 42.7 Å². The van der Waals surface area contributed by atoms with E-state index in [-0.39, 0.29) is 5.41 Å². The minimum atomic E-state index is 0.233. The summed E-state index contributed by atoms with van der Waals surface area (Å²) < 4.78 is 6.26. The number of hydrogen-bond donors (Lipinski definition) is 2. The predicted molar refractivity (Wildman–Crippen MR) is 135 cm³/mol. The minimum Gasteiger partial charge on any atom is -0.491 e. The van der Waals surface area contributed by atoms with Crippen molar-refractivity contribution >= 4 is 22.8 Å². The molecule has 4 aromatic rings. The van der Waals surface area contributed by atoms with E-state index in [1.807, 2.05) is 0 Å². The van der Waals surface area contributed by atoms with Crippen LogP contribution < -0.4 is 15.4 Å². The molecule has 1 aliphatic heterocycles. The zero-order valence-corrected chi connectivity index (χ0v) is 20.0. The molecule has 0 spiro atoms. The Kier molecular flexibility index (Phi) is 4.76. The summed E-state index contributed by atoms with van der Waals surface area (Å²) in [5, 5.41) is 0. The zero-order valence-electron chi connectivity index (χ0n) is 20.0. The fourth-order valence-electron chi connectivity index (χ4n) is 5.39. The van der Waals surface area contributed by atoms with E-state index in [0.29, 0.717) is 12.6 Å². The monoisotopic (exact) mass is 454 g/mol. The lowest BCUT2D eigenvalue weighted by Crippen LogP contribution is -2.31. The molecule has 0 saturated carbocycles. The Morgan fingerprint density at radius 3 is 2.88 bits per heavy atom. The summed E-state index contributed by atoms with van der Waals surface area (Å²) in [6, 6.07) is 10.8. The maximum atomic E-state index is 6.26. The number of aromatic amines is 1. The second kappa shape index (κ2) is 7.72. The van der Waals surface area contributed by atoms with Gasteiger partial charge in [0.1, 0.15) is 18.2 Å². The molecule has 0 atom stereocenters. The first-order valence-corrected chi connectivity index (χ1v) is 12.0. The Hall–Kier alpha value is -3.61. The van der Waals surface area contributed by atoms with Gasteiger partial charge in [-0.1, -0.05) is 19.9 Å². The summed E-state index contributed by atoms with van der Waals surface area (Å²) in [5.41, 5.74) is 15.4. The van der Waals surface area contributed by atoms with Crippen LogP contribution in [0.15, 0.2) is 36.7 Å². The highest BCUT2D eigenvalue weighted by Gasteiger charge is 2.31. The molecule has 0 saturated heterocycles. The number of ether oxygens (including phenoxy) is 1. The standard InChI is InChI=1S/C27H30N6O/c1-16-10-18(17-4-5-22-23(12-17)30-15-29-22)11-19-14-33(8-9-34-24(16)19)25-20-13-27(2,3)7-6-21(20)31-26(28)32-25/h4-5,10-12,15H,6-9,13-14H2,1-3H3,(H,29,30)(H2,28,31,32). The molecule has 6 rings (SSSR count). The molecule has 3 heterocycles. The normalized spacial score (nSPS) is 17.1. The van der Waals surface area contributed by atoms with E-state index in [1.54, 1.807) is 6.33 Å². The summed E-state index contributed by atoms with van der Waals surface area (Å²) in [7, 11) is 0. The molecule has 0 fully saturated rings. The third-order valence-electron chi connectivity index (χ3n) is 7.16. The molecule has 2 aromatic carbocycles. The lowest BCUT2D eigenvalue weighted by molar-refractivity contribution is 0.311. The number of H-pyrrole nitrogens is 1. The van der Waals surface area contributed by atoms with E-state index in [4.69, 9.17) is 15.5 Å². The van der Waals surface area contributed by atoms with Crippen molar-refractivity contribution in [2.75, 3.05) is 23.8 Å². The third-order valence-corrected chi connectivity index (χ3v) is 7.16. The van der Waals surface area contributed by atoms with Crippen molar-refractivity contribution in [3.05, 3.63) is 59.0 Å². The highest BCUT2D eigenvalue weighted by atomic mass is 16.5. The van der Waals surface area contributed by atoms with E-state index in [2.05, 4.69) is 71.0 Å². The Bertz CT molecular complexity index is 1410. The van der Waals surface area contributed by atoms with Gasteiger partial charge in [-0.15, -0.1) is 0 Å². The van der Waals surface area contributed by atoms with Gasteiger partial charge in [0.05, 0.1) is 29.6 Å². The number of aryl methyl sites for hydroxylation is 2. The molecular formula is C27H30N6O. The largest absolute Gasteiger partial charge is 0.491 e. The minimum absolute atomic E-state index is 0.233. The second-order valence-electron chi connectivity index (χ2n) is 10.4. The lowest BCUT2D eigenvalue weighted by atomic mass is 9.76. The van der Waals surface area contributed by atoms with Crippen molar-refractivity contribution < 1.29 is 4.74 Å². The smallest absolute Gasteiger partial charge is 0.222 e. The van der Waals surface area contributed by atoms with Gasteiger partial charge in [-0.05, 0) is 72.6 Å². The van der Waals surface area contributed by atoms with Gasteiger partial charge in [-0.3, -0.25) is 0 Å². The van der Waals surface area contributed by atoms with Crippen LogP contribution in [0.25, 0.3) is 22.2 Å². The molecular weight excluding hydrogens is 424 g/mol. The van der Waals surface area contributed by atoms with Crippen LogP contribution >= 0.6 is 0 Å². The number of nitrogen functional groups attached to an aromatic ring is 1. The summed E-state index contributed by atoms with van der Waals surface area (Å²) in [6.07, 6.45) is 4.76. The molecule has 1 aliphatic carbocycles. The van der Waals surface area contributed by atoms with Crippen LogP contribution in [-0.4, -0.2) is 33.1 Å². The van der Waals surface area contributed by atoms with Gasteiger partial charge < -0.3 is 20.4 Å². The van der Waals surface area contributed by atoms with E-state index < -0.39 is 0 Å². The number of nitrogens with zero attached hydrogens (tertiary/aromatic N) is 4. The number of anilines is 2.